The molecule has 0 radical (unpaired) electrons. The van der Waals surface area contributed by atoms with E-state index in [0.717, 1.165) is 0 Å². The van der Waals surface area contributed by atoms with Crippen LogP contribution in [-0.4, -0.2) is 20.2 Å². The molecule has 0 saturated heterocycles. The number of hydrogen-bond acceptors (Lipinski definition) is 2. The van der Waals surface area contributed by atoms with Crippen LogP contribution in [0.25, 0.3) is 0 Å². The molecule has 2 nitrogen and oxygen atoms in total. The highest BCUT2D eigenvalue weighted by Crippen LogP contribution is 2.19. The van der Waals surface area contributed by atoms with Crippen molar-refractivity contribution in [3.63, 3.8) is 0 Å². The third-order valence-corrected chi connectivity index (χ3v) is 2.29. The molecule has 0 amide bonds. The summed E-state index contributed by atoms with van der Waals surface area (Å²) in [4.78, 5) is 0. The van der Waals surface area contributed by atoms with Gasteiger partial charge < -0.3 is 10.1 Å². The first-order valence-electron chi connectivity index (χ1n) is 4.54. The van der Waals surface area contributed by atoms with Crippen LogP contribution in [0.3, 0.4) is 0 Å². The Morgan fingerprint density at radius 3 is 2.31 bits per heavy atom. The first-order valence-corrected chi connectivity index (χ1v) is 4.54. The van der Waals surface area contributed by atoms with Gasteiger partial charge in [-0.05, 0) is 19.5 Å². The lowest BCUT2D eigenvalue weighted by molar-refractivity contribution is 0.0761. The van der Waals surface area contributed by atoms with Crippen molar-refractivity contribution < 1.29 is 4.74 Å². The monoisotopic (exact) mass is 179 g/mol. The molecule has 2 atom stereocenters. The molecular weight excluding hydrogens is 162 g/mol. The topological polar surface area (TPSA) is 21.3 Å². The molecule has 2 heteroatoms. The zero-order valence-electron chi connectivity index (χ0n) is 8.45. The van der Waals surface area contributed by atoms with E-state index in [4.69, 9.17) is 4.74 Å². The SMILES string of the molecule is CN[C@H](C)C(OC)c1ccccc1. The molecule has 1 N–H and O–H groups in total. The summed E-state index contributed by atoms with van der Waals surface area (Å²) >= 11 is 0. The maximum Gasteiger partial charge on any atom is 0.0971 e. The van der Waals surface area contributed by atoms with Gasteiger partial charge in [0.25, 0.3) is 0 Å². The number of nitrogens with one attached hydrogen (secondary N) is 1. The lowest BCUT2D eigenvalue weighted by Gasteiger charge is -2.22. The van der Waals surface area contributed by atoms with Crippen molar-refractivity contribution in [2.24, 2.45) is 0 Å². The number of likely N-dealkylation sites (N-methyl/N-ethyl adjacent to an activating group) is 1. The van der Waals surface area contributed by atoms with Gasteiger partial charge in [0.1, 0.15) is 0 Å². The normalized spacial score (nSPS) is 15.3. The van der Waals surface area contributed by atoms with Crippen molar-refractivity contribution >= 4 is 0 Å². The second-order valence-corrected chi connectivity index (χ2v) is 3.14. The lowest BCUT2D eigenvalue weighted by Crippen LogP contribution is -2.29. The van der Waals surface area contributed by atoms with Crippen molar-refractivity contribution in [2.75, 3.05) is 14.2 Å². The Morgan fingerprint density at radius 1 is 1.23 bits per heavy atom. The summed E-state index contributed by atoms with van der Waals surface area (Å²) in [6, 6.07) is 10.6. The minimum absolute atomic E-state index is 0.131. The molecule has 1 aromatic rings. The molecule has 72 valence electrons. The van der Waals surface area contributed by atoms with E-state index in [1.54, 1.807) is 7.11 Å². The largest absolute Gasteiger partial charge is 0.375 e. The van der Waals surface area contributed by atoms with Crippen LogP contribution >= 0.6 is 0 Å². The average Bonchev–Trinajstić information content (AvgIpc) is 2.20. The van der Waals surface area contributed by atoms with Crippen LogP contribution in [0.15, 0.2) is 30.3 Å². The van der Waals surface area contributed by atoms with Gasteiger partial charge in [0.2, 0.25) is 0 Å². The van der Waals surface area contributed by atoms with Gasteiger partial charge in [0, 0.05) is 13.2 Å². The molecule has 0 heterocycles. The Kier molecular flexibility index (Phi) is 3.93. The molecule has 1 aromatic carbocycles. The molecule has 0 aliphatic carbocycles. The van der Waals surface area contributed by atoms with Crippen LogP contribution in [0.1, 0.15) is 18.6 Å². The molecule has 1 rings (SSSR count). The highest BCUT2D eigenvalue weighted by molar-refractivity contribution is 5.18. The number of hydrogen-bond donors (Lipinski definition) is 1. The fourth-order valence-corrected chi connectivity index (χ4v) is 1.42. The molecule has 13 heavy (non-hydrogen) atoms. The fourth-order valence-electron chi connectivity index (χ4n) is 1.42. The van der Waals surface area contributed by atoms with Crippen molar-refractivity contribution in [1.82, 2.24) is 5.32 Å². The third-order valence-electron chi connectivity index (χ3n) is 2.29. The molecule has 0 aliphatic rings. The highest BCUT2D eigenvalue weighted by atomic mass is 16.5. The summed E-state index contributed by atoms with van der Waals surface area (Å²) in [5.41, 5.74) is 1.21. The van der Waals surface area contributed by atoms with Crippen LogP contribution in [0.5, 0.6) is 0 Å². The van der Waals surface area contributed by atoms with Gasteiger partial charge in [-0.1, -0.05) is 30.3 Å². The second kappa shape index (κ2) is 5.00. The Balaban J connectivity index is 2.78. The standard InChI is InChI=1S/C11H17NO/c1-9(12-2)11(13-3)10-7-5-4-6-8-10/h4-9,11-12H,1-3H3/t9-,11?/m1/s1. The predicted molar refractivity (Wildman–Crippen MR) is 54.7 cm³/mol. The van der Waals surface area contributed by atoms with E-state index in [9.17, 15) is 0 Å². The molecule has 0 spiro atoms. The summed E-state index contributed by atoms with van der Waals surface area (Å²) in [6.45, 7) is 2.11. The molecule has 0 bridgehead atoms. The number of ether oxygens (including phenoxy) is 1. The van der Waals surface area contributed by atoms with Gasteiger partial charge in [-0.3, -0.25) is 0 Å². The Morgan fingerprint density at radius 2 is 1.85 bits per heavy atom. The molecule has 0 saturated carbocycles. The van der Waals surface area contributed by atoms with Crippen LogP contribution in [-0.2, 0) is 4.74 Å². The lowest BCUT2D eigenvalue weighted by atomic mass is 10.0. The van der Waals surface area contributed by atoms with E-state index in [2.05, 4.69) is 24.4 Å². The molecule has 0 aromatic heterocycles. The fraction of sp³-hybridized carbons (Fsp3) is 0.455. The zero-order valence-corrected chi connectivity index (χ0v) is 8.45. The molecule has 1 unspecified atom stereocenters. The van der Waals surface area contributed by atoms with E-state index in [1.165, 1.54) is 5.56 Å². The highest BCUT2D eigenvalue weighted by Gasteiger charge is 2.16. The van der Waals surface area contributed by atoms with Crippen LogP contribution in [0.2, 0.25) is 0 Å². The number of methoxy groups -OCH3 is 1. The smallest absolute Gasteiger partial charge is 0.0971 e. The maximum absolute atomic E-state index is 5.43. The second-order valence-electron chi connectivity index (χ2n) is 3.14. The summed E-state index contributed by atoms with van der Waals surface area (Å²) in [5, 5.41) is 3.19. The van der Waals surface area contributed by atoms with E-state index >= 15 is 0 Å². The van der Waals surface area contributed by atoms with Gasteiger partial charge in [-0.2, -0.15) is 0 Å². The Hall–Kier alpha value is -0.860. The maximum atomic E-state index is 5.43. The minimum atomic E-state index is 0.131. The van der Waals surface area contributed by atoms with E-state index in [1.807, 2.05) is 25.2 Å². The Bertz CT molecular complexity index is 235. The molecule has 0 fully saturated rings. The van der Waals surface area contributed by atoms with Crippen molar-refractivity contribution in [3.8, 4) is 0 Å². The quantitative estimate of drug-likeness (QED) is 0.763. The van der Waals surface area contributed by atoms with Gasteiger partial charge in [-0.25, -0.2) is 0 Å². The summed E-state index contributed by atoms with van der Waals surface area (Å²) in [5.74, 6) is 0. The van der Waals surface area contributed by atoms with Crippen molar-refractivity contribution in [1.29, 1.82) is 0 Å². The van der Waals surface area contributed by atoms with Crippen LogP contribution in [0, 0.1) is 0 Å². The van der Waals surface area contributed by atoms with Gasteiger partial charge in [0.05, 0.1) is 6.10 Å². The van der Waals surface area contributed by atoms with Gasteiger partial charge in [0.15, 0.2) is 0 Å². The average molecular weight is 179 g/mol. The van der Waals surface area contributed by atoms with E-state index in [0.29, 0.717) is 6.04 Å². The third kappa shape index (κ3) is 2.54. The van der Waals surface area contributed by atoms with Crippen molar-refractivity contribution in [3.05, 3.63) is 35.9 Å². The van der Waals surface area contributed by atoms with E-state index < -0.39 is 0 Å². The zero-order chi connectivity index (χ0) is 9.68. The number of benzene rings is 1. The minimum Gasteiger partial charge on any atom is -0.375 e. The first kappa shape index (κ1) is 10.2. The van der Waals surface area contributed by atoms with Crippen LogP contribution < -0.4 is 5.32 Å². The summed E-state index contributed by atoms with van der Waals surface area (Å²) in [7, 11) is 3.69. The van der Waals surface area contributed by atoms with Gasteiger partial charge >= 0.3 is 0 Å². The Labute approximate surface area is 79.9 Å². The molecular formula is C11H17NO. The molecule has 0 aliphatic heterocycles. The number of rotatable bonds is 4. The summed E-state index contributed by atoms with van der Waals surface area (Å²) < 4.78 is 5.43. The summed E-state index contributed by atoms with van der Waals surface area (Å²) in [6.07, 6.45) is 0.131. The predicted octanol–water partition coefficient (Wildman–Crippen LogP) is 1.98. The van der Waals surface area contributed by atoms with Crippen LogP contribution in [0.4, 0.5) is 0 Å². The van der Waals surface area contributed by atoms with Gasteiger partial charge in [-0.15, -0.1) is 0 Å². The first-order chi connectivity index (χ1) is 6.29. The van der Waals surface area contributed by atoms with E-state index in [-0.39, 0.29) is 6.10 Å². The van der Waals surface area contributed by atoms with Crippen molar-refractivity contribution in [2.45, 2.75) is 19.1 Å².